The average Bonchev–Trinajstić information content (AvgIpc) is 2.48. The monoisotopic (exact) mass is 373 g/mol. The number of ether oxygens (including phenoxy) is 1. The third kappa shape index (κ3) is 5.19. The molecule has 0 bridgehead atoms. The van der Waals surface area contributed by atoms with Gasteiger partial charge in [-0.1, -0.05) is 11.6 Å². The van der Waals surface area contributed by atoms with Crippen molar-refractivity contribution in [3.05, 3.63) is 57.8 Å². The van der Waals surface area contributed by atoms with E-state index < -0.39 is 6.10 Å². The molecule has 0 saturated heterocycles. The van der Waals surface area contributed by atoms with Crippen molar-refractivity contribution in [1.82, 2.24) is 0 Å². The molecule has 2 aromatic rings. The lowest BCUT2D eigenvalue weighted by atomic mass is 10.3. The van der Waals surface area contributed by atoms with Gasteiger partial charge in [0.25, 0.3) is 0 Å². The topological polar surface area (TPSA) is 41.5 Å². The fourth-order valence-electron chi connectivity index (χ4n) is 1.62. The van der Waals surface area contributed by atoms with Gasteiger partial charge in [-0.05, 0) is 58.4 Å². The van der Waals surface area contributed by atoms with Crippen LogP contribution in [0.3, 0.4) is 0 Å². The molecule has 0 saturated carbocycles. The summed E-state index contributed by atoms with van der Waals surface area (Å²) >= 11 is 9.23. The van der Waals surface area contributed by atoms with Gasteiger partial charge in [-0.2, -0.15) is 0 Å². The standard InChI is InChI=1S/C15H14BrClFNO2/c16-14-7-11(3-6-15(14)17)19-8-12(20)9-21-13-4-1-10(18)2-5-13/h1-7,12,19-20H,8-9H2. The average molecular weight is 375 g/mol. The Morgan fingerprint density at radius 3 is 2.62 bits per heavy atom. The second-order valence-corrected chi connectivity index (χ2v) is 5.69. The number of anilines is 1. The van der Waals surface area contributed by atoms with E-state index >= 15 is 0 Å². The van der Waals surface area contributed by atoms with Crippen LogP contribution in [0.15, 0.2) is 46.9 Å². The number of hydrogen-bond donors (Lipinski definition) is 2. The highest BCUT2D eigenvalue weighted by molar-refractivity contribution is 9.10. The van der Waals surface area contributed by atoms with Gasteiger partial charge in [-0.3, -0.25) is 0 Å². The molecule has 0 spiro atoms. The highest BCUT2D eigenvalue weighted by Gasteiger charge is 2.06. The Labute approximate surface area is 135 Å². The minimum atomic E-state index is -0.690. The molecule has 0 amide bonds. The summed E-state index contributed by atoms with van der Waals surface area (Å²) < 4.78 is 18.9. The summed E-state index contributed by atoms with van der Waals surface area (Å²) in [5.74, 6) is 0.197. The first-order chi connectivity index (χ1) is 10.0. The van der Waals surface area contributed by atoms with Crippen LogP contribution >= 0.6 is 27.5 Å². The molecule has 0 heterocycles. The van der Waals surface area contributed by atoms with E-state index in [9.17, 15) is 9.50 Å². The number of hydrogen-bond acceptors (Lipinski definition) is 3. The summed E-state index contributed by atoms with van der Waals surface area (Å²) in [5, 5.41) is 13.6. The summed E-state index contributed by atoms with van der Waals surface area (Å²) in [6.45, 7) is 0.447. The molecule has 21 heavy (non-hydrogen) atoms. The molecule has 0 aliphatic rings. The van der Waals surface area contributed by atoms with E-state index in [1.807, 2.05) is 12.1 Å². The smallest absolute Gasteiger partial charge is 0.123 e. The van der Waals surface area contributed by atoms with E-state index in [1.165, 1.54) is 24.3 Å². The van der Waals surface area contributed by atoms with Crippen molar-refractivity contribution >= 4 is 33.2 Å². The third-order valence-corrected chi connectivity index (χ3v) is 3.93. The minimum Gasteiger partial charge on any atom is -0.491 e. The summed E-state index contributed by atoms with van der Waals surface area (Å²) in [6, 6.07) is 11.1. The van der Waals surface area contributed by atoms with Crippen LogP contribution in [-0.4, -0.2) is 24.4 Å². The van der Waals surface area contributed by atoms with Crippen molar-refractivity contribution in [1.29, 1.82) is 0 Å². The molecule has 112 valence electrons. The quantitative estimate of drug-likeness (QED) is 0.800. The zero-order valence-electron chi connectivity index (χ0n) is 11.0. The fourth-order valence-corrected chi connectivity index (χ4v) is 2.12. The Morgan fingerprint density at radius 2 is 1.95 bits per heavy atom. The molecule has 6 heteroatoms. The lowest BCUT2D eigenvalue weighted by molar-refractivity contribution is 0.117. The maximum absolute atomic E-state index is 12.7. The SMILES string of the molecule is OC(CNc1ccc(Cl)c(Br)c1)COc1ccc(F)cc1. The number of aliphatic hydroxyl groups excluding tert-OH is 1. The van der Waals surface area contributed by atoms with E-state index in [1.54, 1.807) is 6.07 Å². The maximum atomic E-state index is 12.7. The van der Waals surface area contributed by atoms with E-state index in [2.05, 4.69) is 21.2 Å². The predicted molar refractivity (Wildman–Crippen MR) is 85.5 cm³/mol. The molecule has 1 unspecified atom stereocenters. The molecule has 0 radical (unpaired) electrons. The predicted octanol–water partition coefficient (Wildman–Crippen LogP) is 4.09. The van der Waals surface area contributed by atoms with Crippen LogP contribution in [0.1, 0.15) is 0 Å². The highest BCUT2D eigenvalue weighted by atomic mass is 79.9. The van der Waals surface area contributed by atoms with Gasteiger partial charge in [0.1, 0.15) is 24.3 Å². The first kappa shape index (κ1) is 16.1. The van der Waals surface area contributed by atoms with Gasteiger partial charge >= 0.3 is 0 Å². The molecule has 2 aromatic carbocycles. The molecule has 3 nitrogen and oxygen atoms in total. The van der Waals surface area contributed by atoms with Crippen LogP contribution in [0.25, 0.3) is 0 Å². The van der Waals surface area contributed by atoms with E-state index in [4.69, 9.17) is 16.3 Å². The Morgan fingerprint density at radius 1 is 1.24 bits per heavy atom. The zero-order valence-corrected chi connectivity index (χ0v) is 13.4. The van der Waals surface area contributed by atoms with Crippen LogP contribution in [-0.2, 0) is 0 Å². The van der Waals surface area contributed by atoms with Crippen molar-refractivity contribution in [3.63, 3.8) is 0 Å². The molecular formula is C15H14BrClFNO2. The highest BCUT2D eigenvalue weighted by Crippen LogP contribution is 2.25. The summed E-state index contributed by atoms with van der Waals surface area (Å²) in [5.41, 5.74) is 0.840. The third-order valence-electron chi connectivity index (χ3n) is 2.72. The minimum absolute atomic E-state index is 0.118. The van der Waals surface area contributed by atoms with Crippen molar-refractivity contribution in [2.75, 3.05) is 18.5 Å². The second kappa shape index (κ2) is 7.64. The summed E-state index contributed by atoms with van der Waals surface area (Å²) in [4.78, 5) is 0. The van der Waals surface area contributed by atoms with Crippen molar-refractivity contribution in [2.24, 2.45) is 0 Å². The zero-order chi connectivity index (χ0) is 15.2. The Hall–Kier alpha value is -1.30. The van der Waals surface area contributed by atoms with Gasteiger partial charge < -0.3 is 15.2 Å². The molecule has 2 N–H and O–H groups in total. The van der Waals surface area contributed by atoms with Crippen LogP contribution in [0.4, 0.5) is 10.1 Å². The number of rotatable bonds is 6. The number of benzene rings is 2. The van der Waals surface area contributed by atoms with E-state index in [0.29, 0.717) is 17.3 Å². The van der Waals surface area contributed by atoms with Gasteiger partial charge in [0.15, 0.2) is 0 Å². The maximum Gasteiger partial charge on any atom is 0.123 e. The molecule has 0 fully saturated rings. The van der Waals surface area contributed by atoms with E-state index in [-0.39, 0.29) is 12.4 Å². The van der Waals surface area contributed by atoms with Gasteiger partial charge in [0.2, 0.25) is 0 Å². The molecule has 1 atom stereocenters. The lowest BCUT2D eigenvalue weighted by Crippen LogP contribution is -2.26. The fraction of sp³-hybridized carbons (Fsp3) is 0.200. The van der Waals surface area contributed by atoms with Crippen LogP contribution in [0.2, 0.25) is 5.02 Å². The Bertz CT molecular complexity index is 595. The first-order valence-corrected chi connectivity index (χ1v) is 7.47. The largest absolute Gasteiger partial charge is 0.491 e. The van der Waals surface area contributed by atoms with Crippen molar-refractivity contribution in [3.8, 4) is 5.75 Å². The molecule has 0 aliphatic carbocycles. The molecule has 2 rings (SSSR count). The Kier molecular flexibility index (Phi) is 5.85. The van der Waals surface area contributed by atoms with Gasteiger partial charge in [-0.15, -0.1) is 0 Å². The van der Waals surface area contributed by atoms with Crippen LogP contribution in [0.5, 0.6) is 5.75 Å². The normalized spacial score (nSPS) is 12.0. The number of nitrogens with one attached hydrogen (secondary N) is 1. The number of aliphatic hydroxyl groups is 1. The summed E-state index contributed by atoms with van der Waals surface area (Å²) in [6.07, 6.45) is -0.690. The van der Waals surface area contributed by atoms with Crippen molar-refractivity contribution in [2.45, 2.75) is 6.10 Å². The van der Waals surface area contributed by atoms with Gasteiger partial charge in [-0.25, -0.2) is 4.39 Å². The summed E-state index contributed by atoms with van der Waals surface area (Å²) in [7, 11) is 0. The van der Waals surface area contributed by atoms with Gasteiger partial charge in [0.05, 0.1) is 5.02 Å². The van der Waals surface area contributed by atoms with Crippen LogP contribution < -0.4 is 10.1 Å². The van der Waals surface area contributed by atoms with E-state index in [0.717, 1.165) is 10.2 Å². The van der Waals surface area contributed by atoms with Crippen LogP contribution in [0, 0.1) is 5.82 Å². The Balaban J connectivity index is 1.77. The van der Waals surface area contributed by atoms with Crippen molar-refractivity contribution < 1.29 is 14.2 Å². The second-order valence-electron chi connectivity index (χ2n) is 4.43. The van der Waals surface area contributed by atoms with Gasteiger partial charge in [0, 0.05) is 16.7 Å². The molecular weight excluding hydrogens is 361 g/mol. The molecule has 0 aromatic heterocycles. The molecule has 0 aliphatic heterocycles. The number of halogens is 3. The lowest BCUT2D eigenvalue weighted by Gasteiger charge is -2.14. The first-order valence-electron chi connectivity index (χ1n) is 6.30.